The summed E-state index contributed by atoms with van der Waals surface area (Å²) in [4.78, 5) is 8.30. The Bertz CT molecular complexity index is 651. The largest absolute Gasteiger partial charge is 0.481 e. The van der Waals surface area contributed by atoms with Gasteiger partial charge in [0.1, 0.15) is 17.5 Å². The number of rotatable bonds is 4. The normalized spacial score (nSPS) is 10.1. The van der Waals surface area contributed by atoms with Crippen molar-refractivity contribution in [3.63, 3.8) is 0 Å². The average molecular weight is 274 g/mol. The van der Waals surface area contributed by atoms with Crippen molar-refractivity contribution in [1.82, 2.24) is 19.7 Å². The van der Waals surface area contributed by atoms with Crippen LogP contribution in [-0.4, -0.2) is 34.0 Å². The Hall–Kier alpha value is -2.82. The molecule has 2 aromatic heterocycles. The van der Waals surface area contributed by atoms with E-state index in [-0.39, 0.29) is 11.8 Å². The molecule has 0 aliphatic rings. The zero-order valence-corrected chi connectivity index (χ0v) is 11.4. The van der Waals surface area contributed by atoms with Gasteiger partial charge < -0.3 is 15.2 Å². The van der Waals surface area contributed by atoms with Gasteiger partial charge in [0.2, 0.25) is 11.8 Å². The second kappa shape index (κ2) is 5.44. The number of hydrogen-bond acceptors (Lipinski definition) is 7. The van der Waals surface area contributed by atoms with Crippen LogP contribution in [0, 0.1) is 11.3 Å². The number of hydrogen-bond donors (Lipinski definition) is 1. The van der Waals surface area contributed by atoms with Gasteiger partial charge >= 0.3 is 0 Å². The van der Waals surface area contributed by atoms with Crippen LogP contribution in [0.3, 0.4) is 0 Å². The summed E-state index contributed by atoms with van der Waals surface area (Å²) in [6, 6.07) is 3.57. The molecule has 2 aromatic rings. The molecule has 0 saturated carbocycles. The van der Waals surface area contributed by atoms with Gasteiger partial charge in [0.05, 0.1) is 26.0 Å². The molecule has 0 aliphatic heterocycles. The first-order chi connectivity index (χ1) is 9.64. The van der Waals surface area contributed by atoms with Gasteiger partial charge in [0.25, 0.3) is 5.95 Å². The molecule has 0 fully saturated rings. The van der Waals surface area contributed by atoms with Crippen LogP contribution in [-0.2, 0) is 6.42 Å². The van der Waals surface area contributed by atoms with E-state index in [1.807, 2.05) is 13.0 Å². The van der Waals surface area contributed by atoms with Crippen LogP contribution < -0.4 is 15.2 Å². The van der Waals surface area contributed by atoms with Gasteiger partial charge in [-0.25, -0.2) is 0 Å². The fraction of sp³-hybridized carbons (Fsp3) is 0.333. The van der Waals surface area contributed by atoms with Crippen molar-refractivity contribution < 1.29 is 9.47 Å². The number of aromatic nitrogens is 4. The highest BCUT2D eigenvalue weighted by atomic mass is 16.5. The van der Waals surface area contributed by atoms with Crippen molar-refractivity contribution in [1.29, 1.82) is 5.26 Å². The molecule has 0 unspecified atom stereocenters. The topological polar surface area (TPSA) is 112 Å². The fourth-order valence-electron chi connectivity index (χ4n) is 1.70. The van der Waals surface area contributed by atoms with Crippen molar-refractivity contribution in [2.75, 3.05) is 20.0 Å². The predicted molar refractivity (Wildman–Crippen MR) is 70.8 cm³/mol. The number of anilines is 1. The quantitative estimate of drug-likeness (QED) is 0.872. The van der Waals surface area contributed by atoms with Crippen LogP contribution in [0.4, 0.5) is 5.82 Å². The molecule has 8 heteroatoms. The number of ether oxygens (including phenoxy) is 2. The van der Waals surface area contributed by atoms with Crippen LogP contribution in [0.5, 0.6) is 11.8 Å². The summed E-state index contributed by atoms with van der Waals surface area (Å²) in [6.45, 7) is 1.89. The highest BCUT2D eigenvalue weighted by Crippen LogP contribution is 2.22. The molecule has 8 nitrogen and oxygen atoms in total. The zero-order chi connectivity index (χ0) is 14.7. The van der Waals surface area contributed by atoms with Crippen LogP contribution >= 0.6 is 0 Å². The molecular weight excluding hydrogens is 260 g/mol. The van der Waals surface area contributed by atoms with Gasteiger partial charge in [0, 0.05) is 0 Å². The fourth-order valence-corrected chi connectivity index (χ4v) is 1.70. The minimum atomic E-state index is 0.190. The zero-order valence-electron chi connectivity index (χ0n) is 11.4. The third-order valence-electron chi connectivity index (χ3n) is 2.72. The Morgan fingerprint density at radius 1 is 1.30 bits per heavy atom. The minimum absolute atomic E-state index is 0.190. The van der Waals surface area contributed by atoms with Gasteiger partial charge in [-0.05, 0) is 6.42 Å². The van der Waals surface area contributed by atoms with E-state index in [4.69, 9.17) is 20.5 Å². The summed E-state index contributed by atoms with van der Waals surface area (Å²) in [7, 11) is 2.96. The number of nitriles is 1. The van der Waals surface area contributed by atoms with E-state index in [2.05, 4.69) is 15.1 Å². The molecule has 0 radical (unpaired) electrons. The lowest BCUT2D eigenvalue weighted by Crippen LogP contribution is -2.08. The molecule has 2 rings (SSSR count). The molecule has 0 atom stereocenters. The van der Waals surface area contributed by atoms with Gasteiger partial charge in [-0.3, -0.25) is 0 Å². The smallest absolute Gasteiger partial charge is 0.259 e. The lowest BCUT2D eigenvalue weighted by molar-refractivity contribution is 0.370. The van der Waals surface area contributed by atoms with Gasteiger partial charge in [0.15, 0.2) is 0 Å². The molecule has 104 valence electrons. The molecule has 0 aliphatic carbocycles. The van der Waals surface area contributed by atoms with Crippen LogP contribution in [0.1, 0.15) is 18.2 Å². The molecule has 0 bridgehead atoms. The highest BCUT2D eigenvalue weighted by molar-refractivity contribution is 5.54. The average Bonchev–Trinajstić information content (AvgIpc) is 2.82. The van der Waals surface area contributed by atoms with Crippen LogP contribution in [0.2, 0.25) is 0 Å². The van der Waals surface area contributed by atoms with Crippen molar-refractivity contribution in [2.24, 2.45) is 0 Å². The summed E-state index contributed by atoms with van der Waals surface area (Å²) in [5, 5.41) is 13.4. The third kappa shape index (κ3) is 2.21. The number of methoxy groups -OCH3 is 2. The van der Waals surface area contributed by atoms with Crippen molar-refractivity contribution >= 4 is 5.82 Å². The maximum atomic E-state index is 9.12. The summed E-state index contributed by atoms with van der Waals surface area (Å²) < 4.78 is 11.4. The first-order valence-electron chi connectivity index (χ1n) is 5.89. The van der Waals surface area contributed by atoms with Crippen LogP contribution in [0.25, 0.3) is 5.95 Å². The van der Waals surface area contributed by atoms with Crippen molar-refractivity contribution in [3.05, 3.63) is 17.3 Å². The van der Waals surface area contributed by atoms with E-state index in [9.17, 15) is 0 Å². The molecule has 0 amide bonds. The minimum Gasteiger partial charge on any atom is -0.481 e. The third-order valence-corrected chi connectivity index (χ3v) is 2.72. The first kappa shape index (κ1) is 13.6. The highest BCUT2D eigenvalue weighted by Gasteiger charge is 2.18. The number of nitrogens with two attached hydrogens (primary N) is 1. The number of nitrogen functional groups attached to an aromatic ring is 1. The van der Waals surface area contributed by atoms with E-state index in [1.165, 1.54) is 25.0 Å². The van der Waals surface area contributed by atoms with E-state index in [0.29, 0.717) is 29.4 Å². The Morgan fingerprint density at radius 3 is 2.30 bits per heavy atom. The molecule has 2 heterocycles. The maximum absolute atomic E-state index is 9.12. The summed E-state index contributed by atoms with van der Waals surface area (Å²) in [5.74, 6) is 1.02. The monoisotopic (exact) mass is 274 g/mol. The molecule has 20 heavy (non-hydrogen) atoms. The Labute approximate surface area is 115 Å². The Morgan fingerprint density at radius 2 is 1.90 bits per heavy atom. The maximum Gasteiger partial charge on any atom is 0.259 e. The molecule has 0 saturated heterocycles. The lowest BCUT2D eigenvalue weighted by Gasteiger charge is -2.06. The molecular formula is C12H14N6O2. The Balaban J connectivity index is 2.62. The Kier molecular flexibility index (Phi) is 3.70. The first-order valence-corrected chi connectivity index (χ1v) is 5.89. The van der Waals surface area contributed by atoms with E-state index >= 15 is 0 Å². The standard InChI is InChI=1S/C12H14N6O2/c1-4-8-7(6-13)11(14)18(17-8)12-15-9(19-2)5-10(16-12)20-3/h5H,4,14H2,1-3H3. The van der Waals surface area contributed by atoms with Gasteiger partial charge in [-0.2, -0.15) is 25.0 Å². The van der Waals surface area contributed by atoms with Crippen molar-refractivity contribution in [3.8, 4) is 23.8 Å². The molecule has 2 N–H and O–H groups in total. The predicted octanol–water partition coefficient (Wildman–Crippen LogP) is 0.696. The van der Waals surface area contributed by atoms with Crippen molar-refractivity contribution in [2.45, 2.75) is 13.3 Å². The van der Waals surface area contributed by atoms with E-state index in [0.717, 1.165) is 0 Å². The number of nitrogens with zero attached hydrogens (tertiary/aromatic N) is 5. The molecule has 0 spiro atoms. The van der Waals surface area contributed by atoms with E-state index < -0.39 is 0 Å². The summed E-state index contributed by atoms with van der Waals surface area (Å²) in [6.07, 6.45) is 0.585. The summed E-state index contributed by atoms with van der Waals surface area (Å²) in [5.41, 5.74) is 6.85. The second-order valence-corrected chi connectivity index (χ2v) is 3.84. The lowest BCUT2D eigenvalue weighted by atomic mass is 10.2. The SMILES string of the molecule is CCc1nn(-c2nc(OC)cc(OC)n2)c(N)c1C#N. The van der Waals surface area contributed by atoms with Gasteiger partial charge in [-0.15, -0.1) is 0 Å². The molecule has 0 aromatic carbocycles. The number of aryl methyl sites for hydroxylation is 1. The second-order valence-electron chi connectivity index (χ2n) is 3.84. The van der Waals surface area contributed by atoms with E-state index in [1.54, 1.807) is 0 Å². The van der Waals surface area contributed by atoms with Gasteiger partial charge in [-0.1, -0.05) is 6.92 Å². The van der Waals surface area contributed by atoms with Crippen LogP contribution in [0.15, 0.2) is 6.07 Å². The summed E-state index contributed by atoms with van der Waals surface area (Å²) >= 11 is 0.